The third-order valence-electron chi connectivity index (χ3n) is 4.90. The molecule has 0 fully saturated rings. The lowest BCUT2D eigenvalue weighted by atomic mass is 9.95. The second-order valence-electron chi connectivity index (χ2n) is 6.86. The average Bonchev–Trinajstić information content (AvgIpc) is 2.77. The number of rotatable bonds is 6. The van der Waals surface area contributed by atoms with E-state index in [9.17, 15) is 4.79 Å². The van der Waals surface area contributed by atoms with Crippen LogP contribution in [0, 0.1) is 0 Å². The minimum absolute atomic E-state index is 0. The van der Waals surface area contributed by atoms with E-state index in [-0.39, 0.29) is 22.8 Å². The molecule has 2 aromatic heterocycles. The Balaban J connectivity index is 0.00000272. The van der Waals surface area contributed by atoms with E-state index in [0.29, 0.717) is 24.0 Å². The summed E-state index contributed by atoms with van der Waals surface area (Å²) in [6, 6.07) is 23.3. The van der Waals surface area contributed by atoms with Crippen LogP contribution in [0.25, 0.3) is 0 Å². The molecule has 0 unspecified atom stereocenters. The number of aromatic nitrogens is 2. The Bertz CT molecular complexity index is 1120. The van der Waals surface area contributed by atoms with Crippen LogP contribution in [-0.2, 0) is 12.8 Å². The smallest absolute Gasteiger partial charge is 0.196 e. The monoisotopic (exact) mass is 600 g/mol. The zero-order valence-corrected chi connectivity index (χ0v) is 21.3. The number of ketones is 1. The summed E-state index contributed by atoms with van der Waals surface area (Å²) in [5, 5.41) is 0. The quantitative estimate of drug-likeness (QED) is 0.223. The van der Waals surface area contributed by atoms with Gasteiger partial charge in [-0.3, -0.25) is 14.8 Å². The molecule has 0 saturated heterocycles. The van der Waals surface area contributed by atoms with E-state index < -0.39 is 0 Å². The summed E-state index contributed by atoms with van der Waals surface area (Å²) in [4.78, 5) is 22.6. The van der Waals surface area contributed by atoms with Gasteiger partial charge in [0.2, 0.25) is 0 Å². The number of pyridine rings is 2. The Kier molecular flexibility index (Phi) is 8.29. The van der Waals surface area contributed by atoms with Gasteiger partial charge < -0.3 is 0 Å². The summed E-state index contributed by atoms with van der Waals surface area (Å²) in [6.07, 6.45) is 4.61. The number of carbonyl (C=O) groups is 1. The SMILES string of the molecule is Br.O=C(c1cccnc1Cc1ccccc1Br)c1cccnc1Cc1ccccc1Br. The molecule has 6 heteroatoms. The van der Waals surface area contributed by atoms with Gasteiger partial charge >= 0.3 is 0 Å². The number of hydrogen-bond acceptors (Lipinski definition) is 3. The van der Waals surface area contributed by atoms with E-state index in [1.807, 2.05) is 60.7 Å². The molecule has 0 aliphatic carbocycles. The molecule has 31 heavy (non-hydrogen) atoms. The topological polar surface area (TPSA) is 42.9 Å². The van der Waals surface area contributed by atoms with Gasteiger partial charge in [-0.15, -0.1) is 17.0 Å². The molecule has 4 aromatic rings. The van der Waals surface area contributed by atoms with Crippen molar-refractivity contribution < 1.29 is 4.79 Å². The van der Waals surface area contributed by atoms with Crippen LogP contribution in [0.5, 0.6) is 0 Å². The van der Waals surface area contributed by atoms with Gasteiger partial charge in [0.1, 0.15) is 0 Å². The molecule has 0 atom stereocenters. The van der Waals surface area contributed by atoms with Gasteiger partial charge in [-0.2, -0.15) is 0 Å². The largest absolute Gasteiger partial charge is 0.288 e. The molecule has 3 nitrogen and oxygen atoms in total. The maximum Gasteiger partial charge on any atom is 0.196 e. The number of hydrogen-bond donors (Lipinski definition) is 0. The van der Waals surface area contributed by atoms with E-state index in [2.05, 4.69) is 41.8 Å². The Labute approximate surface area is 209 Å². The first-order valence-electron chi connectivity index (χ1n) is 9.53. The van der Waals surface area contributed by atoms with Gasteiger partial charge in [-0.25, -0.2) is 0 Å². The minimum atomic E-state index is -0.0553. The van der Waals surface area contributed by atoms with Gasteiger partial charge in [0.05, 0.1) is 11.4 Å². The van der Waals surface area contributed by atoms with Crippen LogP contribution in [0.4, 0.5) is 0 Å². The number of nitrogens with zero attached hydrogens (tertiary/aromatic N) is 2. The third kappa shape index (κ3) is 5.56. The van der Waals surface area contributed by atoms with Crippen LogP contribution >= 0.6 is 48.8 Å². The Morgan fingerprint density at radius 1 is 0.645 bits per heavy atom. The first-order valence-corrected chi connectivity index (χ1v) is 11.1. The van der Waals surface area contributed by atoms with Crippen LogP contribution in [-0.4, -0.2) is 15.8 Å². The molecule has 0 aliphatic heterocycles. The van der Waals surface area contributed by atoms with Crippen LogP contribution in [0.1, 0.15) is 38.4 Å². The first kappa shape index (κ1) is 23.5. The second-order valence-corrected chi connectivity index (χ2v) is 8.57. The normalized spacial score (nSPS) is 10.4. The molecule has 2 aromatic carbocycles. The summed E-state index contributed by atoms with van der Waals surface area (Å²) in [6.45, 7) is 0. The summed E-state index contributed by atoms with van der Waals surface area (Å²) < 4.78 is 2.01. The molecule has 0 radical (unpaired) electrons. The van der Waals surface area contributed by atoms with Crippen LogP contribution in [0.2, 0.25) is 0 Å². The Morgan fingerprint density at radius 3 is 1.48 bits per heavy atom. The lowest BCUT2D eigenvalue weighted by Crippen LogP contribution is -2.11. The van der Waals surface area contributed by atoms with Crippen LogP contribution < -0.4 is 0 Å². The predicted molar refractivity (Wildman–Crippen MR) is 136 cm³/mol. The molecule has 4 rings (SSSR count). The summed E-state index contributed by atoms with van der Waals surface area (Å²) in [5.74, 6) is -0.0553. The predicted octanol–water partition coefficient (Wildman–Crippen LogP) is 6.99. The van der Waals surface area contributed by atoms with Gasteiger partial charge in [-0.1, -0.05) is 68.3 Å². The van der Waals surface area contributed by atoms with Crippen molar-refractivity contribution in [2.75, 3.05) is 0 Å². The van der Waals surface area contributed by atoms with Crippen molar-refractivity contribution in [3.8, 4) is 0 Å². The molecular weight excluding hydrogens is 584 g/mol. The fraction of sp³-hybridized carbons (Fsp3) is 0.0800. The van der Waals surface area contributed by atoms with E-state index >= 15 is 0 Å². The molecule has 0 N–H and O–H groups in total. The highest BCUT2D eigenvalue weighted by molar-refractivity contribution is 9.10. The number of benzene rings is 2. The Morgan fingerprint density at radius 2 is 1.06 bits per heavy atom. The van der Waals surface area contributed by atoms with Gasteiger partial charge in [0, 0.05) is 45.3 Å². The standard InChI is InChI=1S/C25H18Br2N2O.BrH/c26-21-11-3-1-7-17(21)15-23-19(9-5-13-28-23)25(30)20-10-6-14-29-24(20)16-18-8-2-4-12-22(18)27;/h1-14H,15-16H2;1H. The van der Waals surface area contributed by atoms with E-state index in [1.54, 1.807) is 24.5 Å². The lowest BCUT2D eigenvalue weighted by Gasteiger charge is -2.12. The number of halogens is 3. The molecular formula is C25H19Br3N2O. The van der Waals surface area contributed by atoms with Crippen molar-refractivity contribution in [1.82, 2.24) is 9.97 Å². The summed E-state index contributed by atoms with van der Waals surface area (Å²) in [5.41, 5.74) is 4.90. The van der Waals surface area contributed by atoms with Crippen LogP contribution in [0.3, 0.4) is 0 Å². The van der Waals surface area contributed by atoms with Crippen molar-refractivity contribution in [2.24, 2.45) is 0 Å². The Hall–Kier alpha value is -2.15. The number of carbonyl (C=O) groups excluding carboxylic acids is 1. The molecule has 0 aliphatic rings. The van der Waals surface area contributed by atoms with Crippen molar-refractivity contribution in [3.05, 3.63) is 128 Å². The maximum atomic E-state index is 13.5. The van der Waals surface area contributed by atoms with Gasteiger partial charge in [0.15, 0.2) is 5.78 Å². The minimum Gasteiger partial charge on any atom is -0.288 e. The average molecular weight is 603 g/mol. The fourth-order valence-electron chi connectivity index (χ4n) is 3.36. The molecule has 156 valence electrons. The van der Waals surface area contributed by atoms with Gasteiger partial charge in [0.25, 0.3) is 0 Å². The zero-order chi connectivity index (χ0) is 20.9. The first-order chi connectivity index (χ1) is 14.6. The third-order valence-corrected chi connectivity index (χ3v) is 6.45. The van der Waals surface area contributed by atoms with Crippen molar-refractivity contribution in [1.29, 1.82) is 0 Å². The molecule has 0 amide bonds. The zero-order valence-electron chi connectivity index (χ0n) is 16.5. The fourth-order valence-corrected chi connectivity index (χ4v) is 4.21. The molecule has 0 bridgehead atoms. The van der Waals surface area contributed by atoms with E-state index in [1.165, 1.54) is 0 Å². The lowest BCUT2D eigenvalue weighted by molar-refractivity contribution is 0.103. The highest BCUT2D eigenvalue weighted by Gasteiger charge is 2.19. The second kappa shape index (κ2) is 10.9. The molecule has 2 heterocycles. The van der Waals surface area contributed by atoms with Crippen molar-refractivity contribution in [3.63, 3.8) is 0 Å². The van der Waals surface area contributed by atoms with E-state index in [0.717, 1.165) is 31.5 Å². The molecule has 0 saturated carbocycles. The summed E-state index contributed by atoms with van der Waals surface area (Å²) >= 11 is 7.18. The van der Waals surface area contributed by atoms with Crippen LogP contribution in [0.15, 0.2) is 94.1 Å². The summed E-state index contributed by atoms with van der Waals surface area (Å²) in [7, 11) is 0. The highest BCUT2D eigenvalue weighted by Crippen LogP contribution is 2.24. The van der Waals surface area contributed by atoms with E-state index in [4.69, 9.17) is 0 Å². The van der Waals surface area contributed by atoms with Crippen molar-refractivity contribution in [2.45, 2.75) is 12.8 Å². The van der Waals surface area contributed by atoms with Crippen molar-refractivity contribution >= 4 is 54.6 Å². The van der Waals surface area contributed by atoms with Gasteiger partial charge in [-0.05, 0) is 47.5 Å². The highest BCUT2D eigenvalue weighted by atomic mass is 79.9. The molecule has 0 spiro atoms. The maximum absolute atomic E-state index is 13.5.